The minimum atomic E-state index is -0.257. The minimum Gasteiger partial charge on any atom is -0.508 e. The molecule has 20 heavy (non-hydrogen) atoms. The van der Waals surface area contributed by atoms with Gasteiger partial charge >= 0.3 is 0 Å². The highest BCUT2D eigenvalue weighted by molar-refractivity contribution is 5.85. The second kappa shape index (κ2) is 6.74. The Hall–Kier alpha value is -0.840. The molecule has 1 aromatic rings. The Morgan fingerprint density at radius 3 is 2.55 bits per heavy atom. The topological polar surface area (TPSA) is 35.5 Å². The number of aromatic hydroxyl groups is 1. The maximum atomic E-state index is 13.5. The average molecular weight is 301 g/mol. The Morgan fingerprint density at radius 1 is 1.25 bits per heavy atom. The van der Waals surface area contributed by atoms with Crippen LogP contribution in [0.2, 0.25) is 0 Å². The van der Waals surface area contributed by atoms with Crippen molar-refractivity contribution in [3.63, 3.8) is 0 Å². The third kappa shape index (κ3) is 3.08. The number of piperazine rings is 1. The van der Waals surface area contributed by atoms with Gasteiger partial charge in [-0.1, -0.05) is 6.42 Å². The summed E-state index contributed by atoms with van der Waals surface area (Å²) in [5.41, 5.74) is 0.770. The van der Waals surface area contributed by atoms with Gasteiger partial charge in [-0.2, -0.15) is 0 Å². The van der Waals surface area contributed by atoms with Crippen molar-refractivity contribution in [3.8, 4) is 5.75 Å². The lowest BCUT2D eigenvalue weighted by Gasteiger charge is -2.43. The summed E-state index contributed by atoms with van der Waals surface area (Å²) in [6.07, 6.45) is 3.62. The van der Waals surface area contributed by atoms with Crippen LogP contribution in [0.1, 0.15) is 30.9 Å². The number of nitrogens with one attached hydrogen (secondary N) is 1. The van der Waals surface area contributed by atoms with Gasteiger partial charge in [-0.05, 0) is 37.0 Å². The molecule has 0 bridgehead atoms. The van der Waals surface area contributed by atoms with E-state index >= 15 is 0 Å². The zero-order valence-corrected chi connectivity index (χ0v) is 12.3. The molecule has 2 aliphatic rings. The van der Waals surface area contributed by atoms with Gasteiger partial charge in [-0.25, -0.2) is 4.39 Å². The van der Waals surface area contributed by atoms with Crippen LogP contribution in [0, 0.1) is 11.7 Å². The Kier molecular flexibility index (Phi) is 5.24. The first-order valence-corrected chi connectivity index (χ1v) is 7.19. The maximum absolute atomic E-state index is 13.5. The lowest BCUT2D eigenvalue weighted by molar-refractivity contribution is 0.0817. The van der Waals surface area contributed by atoms with Crippen LogP contribution in [0.3, 0.4) is 0 Å². The van der Waals surface area contributed by atoms with Crippen molar-refractivity contribution in [2.45, 2.75) is 25.3 Å². The molecule has 1 aliphatic carbocycles. The van der Waals surface area contributed by atoms with E-state index in [1.54, 1.807) is 0 Å². The van der Waals surface area contributed by atoms with E-state index in [9.17, 15) is 9.50 Å². The molecule has 2 fully saturated rings. The molecule has 1 aliphatic heterocycles. The number of phenolic OH excluding ortho intramolecular Hbond substituents is 1. The molecule has 3 nitrogen and oxygen atoms in total. The molecule has 0 radical (unpaired) electrons. The van der Waals surface area contributed by atoms with Crippen LogP contribution in [0.4, 0.5) is 4.39 Å². The molecule has 1 heterocycles. The van der Waals surface area contributed by atoms with Crippen LogP contribution in [0.5, 0.6) is 5.75 Å². The van der Waals surface area contributed by atoms with Gasteiger partial charge < -0.3 is 10.4 Å². The zero-order chi connectivity index (χ0) is 13.2. The van der Waals surface area contributed by atoms with Gasteiger partial charge in [-0.3, -0.25) is 4.90 Å². The molecule has 1 saturated heterocycles. The van der Waals surface area contributed by atoms with Crippen molar-refractivity contribution in [1.29, 1.82) is 0 Å². The van der Waals surface area contributed by atoms with Crippen LogP contribution in [0.25, 0.3) is 0 Å². The van der Waals surface area contributed by atoms with Crippen LogP contribution >= 0.6 is 12.4 Å². The largest absolute Gasteiger partial charge is 0.508 e. The molecule has 0 unspecified atom stereocenters. The fourth-order valence-corrected chi connectivity index (χ4v) is 3.23. The normalized spacial score (nSPS) is 21.9. The van der Waals surface area contributed by atoms with Crippen molar-refractivity contribution in [2.24, 2.45) is 5.92 Å². The van der Waals surface area contributed by atoms with Crippen LogP contribution in [-0.4, -0.2) is 36.2 Å². The summed E-state index contributed by atoms with van der Waals surface area (Å²) in [6.45, 7) is 3.88. The fourth-order valence-electron chi connectivity index (χ4n) is 3.23. The summed E-state index contributed by atoms with van der Waals surface area (Å²) in [7, 11) is 0. The third-order valence-electron chi connectivity index (χ3n) is 4.45. The van der Waals surface area contributed by atoms with Crippen LogP contribution in [-0.2, 0) is 0 Å². The number of benzene rings is 1. The maximum Gasteiger partial charge on any atom is 0.123 e. The van der Waals surface area contributed by atoms with E-state index in [0.717, 1.165) is 31.7 Å². The Bertz CT molecular complexity index is 447. The second-order valence-corrected chi connectivity index (χ2v) is 5.62. The summed E-state index contributed by atoms with van der Waals surface area (Å²) in [6, 6.07) is 4.50. The molecular weight excluding hydrogens is 279 g/mol. The van der Waals surface area contributed by atoms with E-state index in [0.29, 0.717) is 5.92 Å². The third-order valence-corrected chi connectivity index (χ3v) is 4.45. The smallest absolute Gasteiger partial charge is 0.123 e. The van der Waals surface area contributed by atoms with E-state index in [1.807, 2.05) is 0 Å². The number of halogens is 2. The van der Waals surface area contributed by atoms with Crippen molar-refractivity contribution < 1.29 is 9.50 Å². The highest BCUT2D eigenvalue weighted by Gasteiger charge is 2.35. The molecule has 0 spiro atoms. The van der Waals surface area contributed by atoms with Gasteiger partial charge in [0, 0.05) is 37.8 Å². The number of hydrogen-bond acceptors (Lipinski definition) is 3. The molecule has 5 heteroatoms. The van der Waals surface area contributed by atoms with Gasteiger partial charge in [0.15, 0.2) is 0 Å². The SMILES string of the molecule is Cl.Oc1ccc(F)cc1[C@H](C1CCC1)N1CCNCC1. The predicted molar refractivity (Wildman–Crippen MR) is 79.8 cm³/mol. The average Bonchev–Trinajstić information content (AvgIpc) is 2.38. The number of hydrogen-bond donors (Lipinski definition) is 2. The van der Waals surface area contributed by atoms with E-state index in [4.69, 9.17) is 0 Å². The number of nitrogens with zero attached hydrogens (tertiary/aromatic N) is 1. The summed E-state index contributed by atoms with van der Waals surface area (Å²) in [5.74, 6) is 0.537. The van der Waals surface area contributed by atoms with Gasteiger partial charge in [-0.15, -0.1) is 12.4 Å². The summed E-state index contributed by atoms with van der Waals surface area (Å²) in [4.78, 5) is 2.40. The minimum absolute atomic E-state index is 0. The summed E-state index contributed by atoms with van der Waals surface area (Å²) < 4.78 is 13.5. The molecule has 2 N–H and O–H groups in total. The Labute approximate surface area is 125 Å². The van der Waals surface area contributed by atoms with Crippen molar-refractivity contribution >= 4 is 12.4 Å². The number of rotatable bonds is 3. The second-order valence-electron chi connectivity index (χ2n) is 5.62. The molecule has 112 valence electrons. The quantitative estimate of drug-likeness (QED) is 0.901. The molecule has 0 amide bonds. The highest BCUT2D eigenvalue weighted by atomic mass is 35.5. The first kappa shape index (κ1) is 15.5. The van der Waals surface area contributed by atoms with Crippen molar-refractivity contribution in [2.75, 3.05) is 26.2 Å². The monoisotopic (exact) mass is 300 g/mol. The predicted octanol–water partition coefficient (Wildman–Crippen LogP) is 2.70. The zero-order valence-electron chi connectivity index (χ0n) is 11.5. The first-order valence-electron chi connectivity index (χ1n) is 7.19. The number of phenols is 1. The van der Waals surface area contributed by atoms with Gasteiger partial charge in [0.25, 0.3) is 0 Å². The Morgan fingerprint density at radius 2 is 1.95 bits per heavy atom. The molecule has 1 saturated carbocycles. The highest BCUT2D eigenvalue weighted by Crippen LogP contribution is 2.44. The van der Waals surface area contributed by atoms with Crippen molar-refractivity contribution in [3.05, 3.63) is 29.6 Å². The molecule has 1 aromatic carbocycles. The first-order chi connectivity index (χ1) is 9.25. The Balaban J connectivity index is 0.00000147. The van der Waals surface area contributed by atoms with Gasteiger partial charge in [0.2, 0.25) is 0 Å². The molecular formula is C15H22ClFN2O. The van der Waals surface area contributed by atoms with E-state index in [1.165, 1.54) is 37.5 Å². The molecule has 0 aromatic heterocycles. The van der Waals surface area contributed by atoms with E-state index < -0.39 is 0 Å². The van der Waals surface area contributed by atoms with Crippen molar-refractivity contribution in [1.82, 2.24) is 10.2 Å². The molecule has 1 atom stereocenters. The lowest BCUT2D eigenvalue weighted by atomic mass is 9.76. The standard InChI is InChI=1S/C15H21FN2O.ClH/c16-12-4-5-14(19)13(10-12)15(11-2-1-3-11)18-8-6-17-7-9-18;/h4-5,10-11,15,17,19H,1-3,6-9H2;1H/t15-;/m0./s1. The van der Waals surface area contributed by atoms with E-state index in [-0.39, 0.29) is 30.0 Å². The molecule has 3 rings (SSSR count). The fraction of sp³-hybridized carbons (Fsp3) is 0.600. The van der Waals surface area contributed by atoms with Gasteiger partial charge in [0.1, 0.15) is 11.6 Å². The summed E-state index contributed by atoms with van der Waals surface area (Å²) >= 11 is 0. The van der Waals surface area contributed by atoms with Crippen LogP contribution in [0.15, 0.2) is 18.2 Å². The van der Waals surface area contributed by atoms with E-state index in [2.05, 4.69) is 10.2 Å². The van der Waals surface area contributed by atoms with Gasteiger partial charge in [0.05, 0.1) is 0 Å². The lowest BCUT2D eigenvalue weighted by Crippen LogP contribution is -2.47. The van der Waals surface area contributed by atoms with Crippen LogP contribution < -0.4 is 5.32 Å². The summed E-state index contributed by atoms with van der Waals surface area (Å²) in [5, 5.41) is 13.4.